The fourth-order valence-corrected chi connectivity index (χ4v) is 3.10. The summed E-state index contributed by atoms with van der Waals surface area (Å²) in [5, 5.41) is 1.15. The lowest BCUT2D eigenvalue weighted by atomic mass is 10.1. The molecule has 0 spiro atoms. The predicted molar refractivity (Wildman–Crippen MR) is 83.5 cm³/mol. The van der Waals surface area contributed by atoms with E-state index in [4.69, 9.17) is 5.73 Å². The minimum Gasteiger partial charge on any atom is -0.348 e. The highest BCUT2D eigenvalue weighted by Gasteiger charge is 2.18. The van der Waals surface area contributed by atoms with Crippen LogP contribution in [0.1, 0.15) is 12.8 Å². The number of aromatic nitrogens is 1. The molecule has 0 bridgehead atoms. The fraction of sp³-hybridized carbons (Fsp3) is 0.417. The van der Waals surface area contributed by atoms with E-state index in [1.165, 1.54) is 4.70 Å². The Morgan fingerprint density at radius 2 is 1.83 bits per heavy atom. The molecule has 0 radical (unpaired) electrons. The van der Waals surface area contributed by atoms with Crippen LogP contribution in [0.25, 0.3) is 10.2 Å². The number of rotatable bonds is 1. The number of hydrogen-bond acceptors (Lipinski definition) is 4. The maximum absolute atomic E-state index is 5.91. The van der Waals surface area contributed by atoms with Gasteiger partial charge in [-0.1, -0.05) is 23.5 Å². The molecule has 100 valence electrons. The van der Waals surface area contributed by atoms with Crippen molar-refractivity contribution in [1.82, 2.24) is 4.98 Å². The van der Waals surface area contributed by atoms with E-state index < -0.39 is 0 Å². The second-order valence-electron chi connectivity index (χ2n) is 4.29. The Kier molecular flexibility index (Phi) is 5.66. The number of nitrogens with two attached hydrogens (primary N) is 1. The van der Waals surface area contributed by atoms with Crippen molar-refractivity contribution in [1.29, 1.82) is 0 Å². The number of para-hydroxylation sites is 1. The van der Waals surface area contributed by atoms with Crippen LogP contribution in [0.15, 0.2) is 24.3 Å². The van der Waals surface area contributed by atoms with E-state index in [9.17, 15) is 0 Å². The summed E-state index contributed by atoms with van der Waals surface area (Å²) in [6, 6.07) is 8.69. The van der Waals surface area contributed by atoms with Crippen LogP contribution >= 0.6 is 36.2 Å². The normalized spacial score (nSPS) is 16.2. The van der Waals surface area contributed by atoms with Crippen LogP contribution in [0.5, 0.6) is 0 Å². The van der Waals surface area contributed by atoms with Crippen molar-refractivity contribution in [3.05, 3.63) is 24.3 Å². The van der Waals surface area contributed by atoms with Crippen molar-refractivity contribution < 1.29 is 0 Å². The summed E-state index contributed by atoms with van der Waals surface area (Å²) < 4.78 is 1.27. The number of fused-ring (bicyclic) bond motifs is 1. The lowest BCUT2D eigenvalue weighted by Gasteiger charge is -2.29. The van der Waals surface area contributed by atoms with Gasteiger partial charge in [-0.2, -0.15) is 0 Å². The molecule has 6 heteroatoms. The maximum atomic E-state index is 5.91. The molecule has 18 heavy (non-hydrogen) atoms. The van der Waals surface area contributed by atoms with E-state index in [1.807, 2.05) is 6.07 Å². The van der Waals surface area contributed by atoms with Crippen LogP contribution in [0, 0.1) is 0 Å². The Labute approximate surface area is 123 Å². The van der Waals surface area contributed by atoms with E-state index >= 15 is 0 Å². The van der Waals surface area contributed by atoms with Crippen molar-refractivity contribution in [2.75, 3.05) is 18.0 Å². The molecule has 1 saturated heterocycles. The Bertz CT molecular complexity index is 462. The molecule has 2 heterocycles. The van der Waals surface area contributed by atoms with Gasteiger partial charge in [0.25, 0.3) is 0 Å². The third-order valence-electron chi connectivity index (χ3n) is 3.09. The lowest BCUT2D eigenvalue weighted by Crippen LogP contribution is -2.39. The average molecular weight is 306 g/mol. The van der Waals surface area contributed by atoms with Crippen molar-refractivity contribution in [3.63, 3.8) is 0 Å². The minimum atomic E-state index is 0. The molecule has 1 aliphatic rings. The van der Waals surface area contributed by atoms with Crippen molar-refractivity contribution in [2.45, 2.75) is 18.9 Å². The van der Waals surface area contributed by atoms with Gasteiger partial charge in [-0.15, -0.1) is 24.8 Å². The highest BCUT2D eigenvalue weighted by molar-refractivity contribution is 7.22. The van der Waals surface area contributed by atoms with E-state index in [2.05, 4.69) is 28.1 Å². The molecule has 2 N–H and O–H groups in total. The van der Waals surface area contributed by atoms with Gasteiger partial charge in [0.15, 0.2) is 5.13 Å². The van der Waals surface area contributed by atoms with E-state index in [0.717, 1.165) is 36.6 Å². The molecule has 0 unspecified atom stereocenters. The van der Waals surface area contributed by atoms with Crippen LogP contribution in [-0.4, -0.2) is 24.1 Å². The summed E-state index contributed by atoms with van der Waals surface area (Å²) in [5.74, 6) is 0. The van der Waals surface area contributed by atoms with Gasteiger partial charge in [-0.3, -0.25) is 0 Å². The predicted octanol–water partition coefficient (Wildman–Crippen LogP) is 3.07. The van der Waals surface area contributed by atoms with Gasteiger partial charge < -0.3 is 10.6 Å². The lowest BCUT2D eigenvalue weighted by molar-refractivity contribution is 0.501. The summed E-state index contributed by atoms with van der Waals surface area (Å²) in [4.78, 5) is 7.02. The quantitative estimate of drug-likeness (QED) is 0.880. The maximum Gasteiger partial charge on any atom is 0.186 e. The Hall–Kier alpha value is -0.550. The van der Waals surface area contributed by atoms with E-state index in [0.29, 0.717) is 6.04 Å². The third-order valence-corrected chi connectivity index (χ3v) is 4.19. The fourth-order valence-electron chi connectivity index (χ4n) is 2.09. The van der Waals surface area contributed by atoms with Crippen molar-refractivity contribution in [2.24, 2.45) is 5.73 Å². The number of thiazole rings is 1. The number of nitrogens with zero attached hydrogens (tertiary/aromatic N) is 2. The highest BCUT2D eigenvalue weighted by atomic mass is 35.5. The number of hydrogen-bond donors (Lipinski definition) is 1. The summed E-state index contributed by atoms with van der Waals surface area (Å²) in [6.45, 7) is 2.09. The Morgan fingerprint density at radius 3 is 2.50 bits per heavy atom. The first-order valence-corrected chi connectivity index (χ1v) is 6.51. The van der Waals surface area contributed by atoms with Gasteiger partial charge in [-0.05, 0) is 25.0 Å². The zero-order valence-corrected chi connectivity index (χ0v) is 12.4. The highest BCUT2D eigenvalue weighted by Crippen LogP contribution is 2.29. The van der Waals surface area contributed by atoms with Crippen LogP contribution in [0.3, 0.4) is 0 Å². The molecule has 0 aliphatic carbocycles. The summed E-state index contributed by atoms with van der Waals surface area (Å²) in [5.41, 5.74) is 7.02. The minimum absolute atomic E-state index is 0. The molecule has 3 nitrogen and oxygen atoms in total. The molecule has 1 fully saturated rings. The topological polar surface area (TPSA) is 42.1 Å². The van der Waals surface area contributed by atoms with Gasteiger partial charge in [0.2, 0.25) is 0 Å². The first kappa shape index (κ1) is 15.5. The SMILES string of the molecule is Cl.Cl.NC1CCN(c2nc3ccccc3s2)CC1. The van der Waals surface area contributed by atoms with E-state index in [1.54, 1.807) is 11.3 Å². The molecule has 1 aromatic carbocycles. The Balaban J connectivity index is 0.000000810. The molecule has 1 aliphatic heterocycles. The summed E-state index contributed by atoms with van der Waals surface area (Å²) >= 11 is 1.78. The number of anilines is 1. The van der Waals surface area contributed by atoms with Crippen LogP contribution < -0.4 is 10.6 Å². The Morgan fingerprint density at radius 1 is 1.17 bits per heavy atom. The molecular weight excluding hydrogens is 289 g/mol. The molecule has 0 saturated carbocycles. The first-order valence-electron chi connectivity index (χ1n) is 5.69. The monoisotopic (exact) mass is 305 g/mol. The van der Waals surface area contributed by atoms with Gasteiger partial charge in [0.1, 0.15) is 0 Å². The van der Waals surface area contributed by atoms with Crippen molar-refractivity contribution >= 4 is 51.5 Å². The summed E-state index contributed by atoms with van der Waals surface area (Å²) in [6.07, 6.45) is 2.16. The molecule has 1 aromatic heterocycles. The van der Waals surface area contributed by atoms with Crippen LogP contribution in [-0.2, 0) is 0 Å². The zero-order valence-electron chi connectivity index (χ0n) is 9.91. The largest absolute Gasteiger partial charge is 0.348 e. The third kappa shape index (κ3) is 3.06. The molecular formula is C12H17Cl2N3S. The summed E-state index contributed by atoms with van der Waals surface area (Å²) in [7, 11) is 0. The number of benzene rings is 1. The standard InChI is InChI=1S/C12H15N3S.2ClH/c13-9-5-7-15(8-6-9)12-14-10-3-1-2-4-11(10)16-12;;/h1-4,9H,5-8,13H2;2*1H. The average Bonchev–Trinajstić information content (AvgIpc) is 2.73. The van der Waals surface area contributed by atoms with Gasteiger partial charge >= 0.3 is 0 Å². The molecule has 0 amide bonds. The molecule has 2 aromatic rings. The smallest absolute Gasteiger partial charge is 0.186 e. The number of halogens is 2. The first-order chi connectivity index (χ1) is 7.83. The molecule has 0 atom stereocenters. The van der Waals surface area contributed by atoms with Crippen molar-refractivity contribution in [3.8, 4) is 0 Å². The van der Waals surface area contributed by atoms with Gasteiger partial charge in [0.05, 0.1) is 10.2 Å². The second kappa shape index (κ2) is 6.57. The van der Waals surface area contributed by atoms with E-state index in [-0.39, 0.29) is 24.8 Å². The molecule has 3 rings (SSSR count). The number of piperidine rings is 1. The van der Waals surface area contributed by atoms with Crippen LogP contribution in [0.4, 0.5) is 5.13 Å². The van der Waals surface area contributed by atoms with Gasteiger partial charge in [0, 0.05) is 19.1 Å². The zero-order chi connectivity index (χ0) is 11.0. The van der Waals surface area contributed by atoms with Crippen LogP contribution in [0.2, 0.25) is 0 Å². The second-order valence-corrected chi connectivity index (χ2v) is 5.30. The van der Waals surface area contributed by atoms with Gasteiger partial charge in [-0.25, -0.2) is 4.98 Å².